The van der Waals surface area contributed by atoms with Crippen molar-refractivity contribution in [1.29, 1.82) is 0 Å². The second kappa shape index (κ2) is 5.02. The van der Waals surface area contributed by atoms with Crippen LogP contribution in [0.25, 0.3) is 0 Å². The highest BCUT2D eigenvalue weighted by Gasteiger charge is 2.21. The average Bonchev–Trinajstić information content (AvgIpc) is 2.17. The van der Waals surface area contributed by atoms with E-state index in [-0.39, 0.29) is 6.04 Å². The van der Waals surface area contributed by atoms with Gasteiger partial charge >= 0.3 is 0 Å². The first kappa shape index (κ1) is 11.7. The zero-order chi connectivity index (χ0) is 10.8. The van der Waals surface area contributed by atoms with Gasteiger partial charge in [0.15, 0.2) is 0 Å². The Hall–Kier alpha value is 0.200. The van der Waals surface area contributed by atoms with Gasteiger partial charge in [0.25, 0.3) is 0 Å². The summed E-state index contributed by atoms with van der Waals surface area (Å²) in [5, 5.41) is 4.66. The van der Waals surface area contributed by atoms with Gasteiger partial charge in [-0.25, -0.2) is 0 Å². The molecule has 82 valence electrons. The molecule has 1 fully saturated rings. The lowest BCUT2D eigenvalue weighted by Gasteiger charge is -2.25. The fraction of sp³-hybridized carbons (Fsp3) is 0.400. The Morgan fingerprint density at radius 1 is 1.33 bits per heavy atom. The number of benzene rings is 1. The summed E-state index contributed by atoms with van der Waals surface area (Å²) >= 11 is 15.7. The first-order chi connectivity index (χ1) is 7.18. The second-order valence-corrected chi connectivity index (χ2v) is 5.09. The molecule has 5 heteroatoms. The van der Waals surface area contributed by atoms with Crippen LogP contribution >= 0.6 is 39.1 Å². The molecule has 1 N–H and O–H groups in total. The quantitative estimate of drug-likeness (QED) is 0.858. The van der Waals surface area contributed by atoms with Crippen LogP contribution in [-0.2, 0) is 4.74 Å². The molecule has 1 atom stereocenters. The summed E-state index contributed by atoms with van der Waals surface area (Å²) in [6, 6.07) is 3.78. The summed E-state index contributed by atoms with van der Waals surface area (Å²) in [6.07, 6.45) is 0. The maximum Gasteiger partial charge on any atom is 0.0663 e. The van der Waals surface area contributed by atoms with Crippen LogP contribution in [0.3, 0.4) is 0 Å². The lowest BCUT2D eigenvalue weighted by Crippen LogP contribution is -2.34. The van der Waals surface area contributed by atoms with Crippen molar-refractivity contribution in [2.75, 3.05) is 19.8 Å². The molecule has 1 aromatic carbocycles. The van der Waals surface area contributed by atoms with E-state index in [2.05, 4.69) is 21.2 Å². The fourth-order valence-corrected chi connectivity index (χ4v) is 3.11. The minimum atomic E-state index is 0.0897. The molecule has 0 radical (unpaired) electrons. The van der Waals surface area contributed by atoms with Gasteiger partial charge < -0.3 is 10.1 Å². The predicted molar refractivity (Wildman–Crippen MR) is 65.7 cm³/mol. The van der Waals surface area contributed by atoms with Crippen LogP contribution in [0.15, 0.2) is 16.6 Å². The zero-order valence-corrected chi connectivity index (χ0v) is 11.0. The Morgan fingerprint density at radius 2 is 2.00 bits per heavy atom. The van der Waals surface area contributed by atoms with Gasteiger partial charge in [0.05, 0.1) is 19.3 Å². The van der Waals surface area contributed by atoms with Crippen LogP contribution in [0.5, 0.6) is 0 Å². The number of nitrogens with one attached hydrogen (secondary N) is 1. The van der Waals surface area contributed by atoms with Crippen molar-refractivity contribution in [3.8, 4) is 0 Å². The van der Waals surface area contributed by atoms with Crippen LogP contribution in [0.4, 0.5) is 0 Å². The molecule has 0 saturated carbocycles. The SMILES string of the molecule is Clc1cc(Br)cc(Cl)c1[C@H]1COCCN1. The minimum absolute atomic E-state index is 0.0897. The molecule has 0 amide bonds. The highest BCUT2D eigenvalue weighted by Crippen LogP contribution is 2.34. The first-order valence-corrected chi connectivity index (χ1v) is 6.19. The van der Waals surface area contributed by atoms with Gasteiger partial charge in [-0.1, -0.05) is 39.1 Å². The molecule has 1 aliphatic heterocycles. The van der Waals surface area contributed by atoms with Gasteiger partial charge in [0.1, 0.15) is 0 Å². The predicted octanol–water partition coefficient (Wildman–Crippen LogP) is 3.42. The average molecular weight is 311 g/mol. The minimum Gasteiger partial charge on any atom is -0.378 e. The van der Waals surface area contributed by atoms with Crippen molar-refractivity contribution in [2.45, 2.75) is 6.04 Å². The Morgan fingerprint density at radius 3 is 2.53 bits per heavy atom. The van der Waals surface area contributed by atoms with E-state index in [9.17, 15) is 0 Å². The third kappa shape index (κ3) is 2.66. The monoisotopic (exact) mass is 309 g/mol. The van der Waals surface area contributed by atoms with Gasteiger partial charge in [-0.2, -0.15) is 0 Å². The molecule has 2 rings (SSSR count). The number of rotatable bonds is 1. The second-order valence-electron chi connectivity index (χ2n) is 3.36. The lowest BCUT2D eigenvalue weighted by atomic mass is 10.1. The van der Waals surface area contributed by atoms with Crippen molar-refractivity contribution in [2.24, 2.45) is 0 Å². The normalized spacial score (nSPS) is 21.7. The van der Waals surface area contributed by atoms with Crippen molar-refractivity contribution in [3.63, 3.8) is 0 Å². The molecule has 1 aromatic rings. The molecule has 15 heavy (non-hydrogen) atoms. The standard InChI is InChI=1S/C10H10BrCl2NO/c11-6-3-7(12)10(8(13)4-6)9-5-15-2-1-14-9/h3-4,9,14H,1-2,5H2/t9-/m1/s1. The molecule has 2 nitrogen and oxygen atoms in total. The zero-order valence-electron chi connectivity index (χ0n) is 7.90. The van der Waals surface area contributed by atoms with E-state index < -0.39 is 0 Å². The summed E-state index contributed by atoms with van der Waals surface area (Å²) in [5.41, 5.74) is 0.918. The van der Waals surface area contributed by atoms with E-state index in [1.165, 1.54) is 0 Å². The Bertz CT molecular complexity index is 343. The van der Waals surface area contributed by atoms with E-state index in [0.717, 1.165) is 23.2 Å². The number of halogens is 3. The molecule has 0 unspecified atom stereocenters. The molecule has 0 spiro atoms. The van der Waals surface area contributed by atoms with Crippen LogP contribution in [-0.4, -0.2) is 19.8 Å². The summed E-state index contributed by atoms with van der Waals surface area (Å²) in [7, 11) is 0. The highest BCUT2D eigenvalue weighted by atomic mass is 79.9. The van der Waals surface area contributed by atoms with Crippen molar-refractivity contribution in [1.82, 2.24) is 5.32 Å². The van der Waals surface area contributed by atoms with E-state index in [1.807, 2.05) is 12.1 Å². The Kier molecular flexibility index (Phi) is 3.91. The first-order valence-electron chi connectivity index (χ1n) is 4.64. The largest absolute Gasteiger partial charge is 0.378 e. The topological polar surface area (TPSA) is 21.3 Å². The molecule has 0 bridgehead atoms. The third-order valence-electron chi connectivity index (χ3n) is 2.31. The van der Waals surface area contributed by atoms with Gasteiger partial charge in [0.2, 0.25) is 0 Å². The summed E-state index contributed by atoms with van der Waals surface area (Å²) < 4.78 is 6.27. The number of hydrogen-bond donors (Lipinski definition) is 1. The van der Waals surface area contributed by atoms with Crippen molar-refractivity contribution in [3.05, 3.63) is 32.2 Å². The molecule has 1 heterocycles. The van der Waals surface area contributed by atoms with Crippen molar-refractivity contribution < 1.29 is 4.74 Å². The highest BCUT2D eigenvalue weighted by molar-refractivity contribution is 9.10. The summed E-state index contributed by atoms with van der Waals surface area (Å²) in [6.45, 7) is 2.18. The molecule has 0 aromatic heterocycles. The molecule has 1 saturated heterocycles. The van der Waals surface area contributed by atoms with E-state index >= 15 is 0 Å². The van der Waals surface area contributed by atoms with Crippen LogP contribution in [0, 0.1) is 0 Å². The van der Waals surface area contributed by atoms with Gasteiger partial charge in [-0.3, -0.25) is 0 Å². The molecule has 1 aliphatic rings. The van der Waals surface area contributed by atoms with E-state index in [0.29, 0.717) is 16.7 Å². The molecule has 0 aliphatic carbocycles. The number of hydrogen-bond acceptors (Lipinski definition) is 2. The third-order valence-corrected chi connectivity index (χ3v) is 3.40. The summed E-state index contributed by atoms with van der Waals surface area (Å²) in [5.74, 6) is 0. The smallest absolute Gasteiger partial charge is 0.0663 e. The fourth-order valence-electron chi connectivity index (χ4n) is 1.64. The Labute approximate surface area is 107 Å². The lowest BCUT2D eigenvalue weighted by molar-refractivity contribution is 0.0769. The van der Waals surface area contributed by atoms with Crippen LogP contribution in [0.2, 0.25) is 10.0 Å². The van der Waals surface area contributed by atoms with Crippen molar-refractivity contribution >= 4 is 39.1 Å². The molecular formula is C10H10BrCl2NO. The number of morpholine rings is 1. The van der Waals surface area contributed by atoms with Gasteiger partial charge in [-0.15, -0.1) is 0 Å². The maximum absolute atomic E-state index is 6.16. The Balaban J connectivity index is 2.33. The van der Waals surface area contributed by atoms with Crippen LogP contribution < -0.4 is 5.32 Å². The van der Waals surface area contributed by atoms with E-state index in [4.69, 9.17) is 27.9 Å². The van der Waals surface area contributed by atoms with Gasteiger partial charge in [-0.05, 0) is 12.1 Å². The van der Waals surface area contributed by atoms with Crippen LogP contribution in [0.1, 0.15) is 11.6 Å². The maximum atomic E-state index is 6.16. The number of ether oxygens (including phenoxy) is 1. The van der Waals surface area contributed by atoms with E-state index in [1.54, 1.807) is 0 Å². The van der Waals surface area contributed by atoms with Gasteiger partial charge in [0, 0.05) is 26.6 Å². The molecular weight excluding hydrogens is 301 g/mol. The summed E-state index contributed by atoms with van der Waals surface area (Å²) in [4.78, 5) is 0.